The van der Waals surface area contributed by atoms with Crippen LogP contribution in [-0.4, -0.2) is 49.2 Å². The summed E-state index contributed by atoms with van der Waals surface area (Å²) in [5.41, 5.74) is 4.44. The summed E-state index contributed by atoms with van der Waals surface area (Å²) in [7, 11) is 1.90. The van der Waals surface area contributed by atoms with Gasteiger partial charge >= 0.3 is 5.97 Å². The number of benzene rings is 2. The van der Waals surface area contributed by atoms with E-state index in [1.165, 1.54) is 0 Å². The lowest BCUT2D eigenvalue weighted by molar-refractivity contribution is 0.0526. The maximum atomic E-state index is 12.3. The smallest absolute Gasteiger partial charge is 0.338 e. The Bertz CT molecular complexity index is 1260. The van der Waals surface area contributed by atoms with Gasteiger partial charge in [-0.2, -0.15) is 0 Å². The minimum absolute atomic E-state index is 0.272. The number of nitrogens with one attached hydrogen (secondary N) is 3. The molecule has 1 heterocycles. The van der Waals surface area contributed by atoms with E-state index in [1.807, 2.05) is 56.4 Å². The zero-order chi connectivity index (χ0) is 28.5. The van der Waals surface area contributed by atoms with Crippen LogP contribution < -0.4 is 16.0 Å². The molecule has 3 aromatic rings. The van der Waals surface area contributed by atoms with Crippen LogP contribution in [0, 0.1) is 0 Å². The molecule has 0 bridgehead atoms. The van der Waals surface area contributed by atoms with Crippen molar-refractivity contribution in [2.24, 2.45) is 0 Å². The topological polar surface area (TPSA) is 88.4 Å². The number of nitrogens with zero attached hydrogens (tertiary/aromatic N) is 1. The highest BCUT2D eigenvalue weighted by Gasteiger charge is 2.33. The number of rotatable bonds is 16. The van der Waals surface area contributed by atoms with Gasteiger partial charge in [0.05, 0.1) is 17.2 Å². The van der Waals surface area contributed by atoms with Crippen LogP contribution in [0.1, 0.15) is 74.1 Å². The third-order valence-electron chi connectivity index (χ3n) is 7.14. The summed E-state index contributed by atoms with van der Waals surface area (Å²) < 4.78 is 11.1. The molecule has 216 valence electrons. The molecule has 1 saturated carbocycles. The first-order chi connectivity index (χ1) is 19.4. The second-order valence-electron chi connectivity index (χ2n) is 10.2. The van der Waals surface area contributed by atoms with Gasteiger partial charge in [-0.05, 0) is 76.1 Å². The van der Waals surface area contributed by atoms with Gasteiger partial charge in [-0.15, -0.1) is 11.8 Å². The van der Waals surface area contributed by atoms with Crippen molar-refractivity contribution >= 4 is 35.0 Å². The van der Waals surface area contributed by atoms with Crippen LogP contribution in [0.25, 0.3) is 11.3 Å². The van der Waals surface area contributed by atoms with Crippen LogP contribution in [0.2, 0.25) is 5.02 Å². The minimum Gasteiger partial charge on any atom is -0.462 e. The largest absolute Gasteiger partial charge is 0.462 e. The summed E-state index contributed by atoms with van der Waals surface area (Å²) in [6, 6.07) is 14.1. The number of carbonyl (C=O) groups excluding carboxylic acids is 1. The molecule has 0 spiro atoms. The van der Waals surface area contributed by atoms with Crippen molar-refractivity contribution in [1.29, 1.82) is 0 Å². The number of halogens is 1. The molecule has 1 aliphatic rings. The van der Waals surface area contributed by atoms with Gasteiger partial charge in [0, 0.05) is 53.3 Å². The third-order valence-corrected chi connectivity index (χ3v) is 8.56. The van der Waals surface area contributed by atoms with Gasteiger partial charge in [0.25, 0.3) is 0 Å². The first-order valence-electron chi connectivity index (χ1n) is 14.3. The summed E-state index contributed by atoms with van der Waals surface area (Å²) in [5.74, 6) is 2.04. The summed E-state index contributed by atoms with van der Waals surface area (Å²) >= 11 is 8.31. The Morgan fingerprint density at radius 2 is 2.00 bits per heavy atom. The van der Waals surface area contributed by atoms with E-state index in [2.05, 4.69) is 35.0 Å². The molecule has 1 aromatic heterocycles. The highest BCUT2D eigenvalue weighted by molar-refractivity contribution is 7.99. The molecule has 2 unspecified atom stereocenters. The second kappa shape index (κ2) is 14.9. The Hall–Kier alpha value is -2.52. The highest BCUT2D eigenvalue weighted by Crippen LogP contribution is 2.44. The molecular weight excluding hydrogens is 544 g/mol. The van der Waals surface area contributed by atoms with Crippen molar-refractivity contribution in [2.75, 3.05) is 31.3 Å². The first kappa shape index (κ1) is 30.4. The van der Waals surface area contributed by atoms with Gasteiger partial charge in [-0.1, -0.05) is 41.9 Å². The molecule has 40 heavy (non-hydrogen) atoms. The monoisotopic (exact) mass is 584 g/mol. The number of hydrogen-bond donors (Lipinski definition) is 3. The van der Waals surface area contributed by atoms with Crippen LogP contribution in [0.5, 0.6) is 0 Å². The summed E-state index contributed by atoms with van der Waals surface area (Å²) in [6.45, 7) is 8.16. The average molecular weight is 585 g/mol. The van der Waals surface area contributed by atoms with E-state index in [1.54, 1.807) is 11.8 Å². The summed E-state index contributed by atoms with van der Waals surface area (Å²) in [6.07, 6.45) is 4.22. The van der Waals surface area contributed by atoms with Crippen LogP contribution in [-0.2, 0) is 11.3 Å². The zero-order valence-corrected chi connectivity index (χ0v) is 25.5. The van der Waals surface area contributed by atoms with Crippen molar-refractivity contribution < 1.29 is 14.1 Å². The van der Waals surface area contributed by atoms with Gasteiger partial charge in [0.1, 0.15) is 11.5 Å². The summed E-state index contributed by atoms with van der Waals surface area (Å²) in [5, 5.41) is 15.8. The Kier molecular flexibility index (Phi) is 11.4. The van der Waals surface area contributed by atoms with Gasteiger partial charge in [0.2, 0.25) is 0 Å². The number of hydrogen-bond acceptors (Lipinski definition) is 8. The predicted molar refractivity (Wildman–Crippen MR) is 165 cm³/mol. The maximum absolute atomic E-state index is 12.3. The van der Waals surface area contributed by atoms with E-state index in [0.29, 0.717) is 35.7 Å². The number of anilines is 1. The molecule has 0 radical (unpaired) electrons. The standard InChI is InChI=1S/C31H41ClN4O3S/c1-5-34-20(3)17-23(15-16-40-28-18-22(31(37)38-6-2)13-14-27(28)33-4)35-19-25-29(24-9-7-8-10-26(24)32)36-39-30(25)21-11-12-21/h7-10,13-14,18,20-21,23,33-35H,5-6,11-12,15-17,19H2,1-4H3. The van der Waals surface area contributed by atoms with Crippen LogP contribution in [0.3, 0.4) is 0 Å². The van der Waals surface area contributed by atoms with Gasteiger partial charge in [-0.3, -0.25) is 0 Å². The molecule has 3 N–H and O–H groups in total. The number of ether oxygens (including phenoxy) is 1. The van der Waals surface area contributed by atoms with E-state index < -0.39 is 0 Å². The predicted octanol–water partition coefficient (Wildman–Crippen LogP) is 7.12. The number of thioether (sulfide) groups is 1. The fourth-order valence-corrected chi connectivity index (χ4v) is 6.32. The lowest BCUT2D eigenvalue weighted by Crippen LogP contribution is -2.37. The summed E-state index contributed by atoms with van der Waals surface area (Å²) in [4.78, 5) is 13.3. The fourth-order valence-electron chi connectivity index (χ4n) is 4.93. The normalized spacial score (nSPS) is 14.6. The van der Waals surface area contributed by atoms with Crippen molar-refractivity contribution in [3.8, 4) is 11.3 Å². The zero-order valence-electron chi connectivity index (χ0n) is 23.9. The number of esters is 1. The quantitative estimate of drug-likeness (QED) is 0.121. The molecule has 1 aliphatic carbocycles. The average Bonchev–Trinajstić information content (AvgIpc) is 3.71. The number of carbonyl (C=O) groups is 1. The van der Waals surface area contributed by atoms with Crippen LogP contribution in [0.4, 0.5) is 5.69 Å². The molecule has 0 saturated heterocycles. The van der Waals surface area contributed by atoms with Gasteiger partial charge in [0.15, 0.2) is 0 Å². The molecule has 7 nitrogen and oxygen atoms in total. The molecular formula is C31H41ClN4O3S. The second-order valence-corrected chi connectivity index (χ2v) is 11.8. The van der Waals surface area contributed by atoms with E-state index >= 15 is 0 Å². The fraction of sp³-hybridized carbons (Fsp3) is 0.484. The lowest BCUT2D eigenvalue weighted by atomic mass is 10.0. The maximum Gasteiger partial charge on any atom is 0.338 e. The van der Waals surface area contributed by atoms with Crippen molar-refractivity contribution in [1.82, 2.24) is 15.8 Å². The van der Waals surface area contributed by atoms with Crippen molar-refractivity contribution in [2.45, 2.75) is 75.9 Å². The SMILES string of the molecule is CCNC(C)CC(CCSc1cc(C(=O)OCC)ccc1NC)NCc1c(-c2ccccc2Cl)noc1C1CC1. The molecule has 9 heteroatoms. The van der Waals surface area contributed by atoms with Crippen molar-refractivity contribution in [3.63, 3.8) is 0 Å². The van der Waals surface area contributed by atoms with E-state index in [0.717, 1.165) is 71.1 Å². The molecule has 0 amide bonds. The molecule has 1 fully saturated rings. The van der Waals surface area contributed by atoms with Crippen LogP contribution >= 0.6 is 23.4 Å². The van der Waals surface area contributed by atoms with E-state index in [-0.39, 0.29) is 12.0 Å². The first-order valence-corrected chi connectivity index (χ1v) is 15.6. The Morgan fingerprint density at radius 3 is 2.70 bits per heavy atom. The van der Waals surface area contributed by atoms with E-state index in [4.69, 9.17) is 20.9 Å². The molecule has 2 atom stereocenters. The van der Waals surface area contributed by atoms with E-state index in [9.17, 15) is 4.79 Å². The lowest BCUT2D eigenvalue weighted by Gasteiger charge is -2.23. The van der Waals surface area contributed by atoms with Gasteiger partial charge < -0.3 is 25.2 Å². The molecule has 0 aliphatic heterocycles. The van der Waals surface area contributed by atoms with Crippen molar-refractivity contribution in [3.05, 3.63) is 64.4 Å². The van der Waals surface area contributed by atoms with Crippen LogP contribution in [0.15, 0.2) is 51.9 Å². The minimum atomic E-state index is -0.291. The Balaban J connectivity index is 1.48. The third kappa shape index (κ3) is 8.03. The Morgan fingerprint density at radius 1 is 1.20 bits per heavy atom. The Labute approximate surface area is 247 Å². The van der Waals surface area contributed by atoms with Gasteiger partial charge in [-0.25, -0.2) is 4.79 Å². The number of aromatic nitrogens is 1. The molecule has 2 aromatic carbocycles. The highest BCUT2D eigenvalue weighted by atomic mass is 35.5. The molecule has 4 rings (SSSR count).